The molecule has 2 aliphatic rings. The molecule has 1 aromatic heterocycles. The number of amides is 1. The highest BCUT2D eigenvalue weighted by Gasteiger charge is 2.22. The second kappa shape index (κ2) is 9.42. The molecule has 3 heterocycles. The van der Waals surface area contributed by atoms with Crippen molar-refractivity contribution < 1.29 is 9.18 Å². The fourth-order valence-corrected chi connectivity index (χ4v) is 4.77. The Morgan fingerprint density at radius 3 is 2.81 bits per heavy atom. The van der Waals surface area contributed by atoms with Gasteiger partial charge in [-0.1, -0.05) is 30.0 Å². The van der Waals surface area contributed by atoms with Gasteiger partial charge in [0.25, 0.3) is 5.91 Å². The van der Waals surface area contributed by atoms with Gasteiger partial charge in [-0.3, -0.25) is 14.7 Å². The largest absolute Gasteiger partial charge is 0.354 e. The van der Waals surface area contributed by atoms with E-state index >= 15 is 0 Å². The number of halogens is 1. The van der Waals surface area contributed by atoms with Gasteiger partial charge in [0.2, 0.25) is 0 Å². The number of carbonyl (C=O) groups is 1. The molecule has 0 spiro atoms. The van der Waals surface area contributed by atoms with Gasteiger partial charge in [-0.15, -0.1) is 0 Å². The van der Waals surface area contributed by atoms with Crippen LogP contribution in [0.25, 0.3) is 17.3 Å². The molecule has 9 heteroatoms. The van der Waals surface area contributed by atoms with Gasteiger partial charge in [-0.2, -0.15) is 0 Å². The number of nitrogens with zero attached hydrogens (tertiary/aromatic N) is 4. The zero-order chi connectivity index (χ0) is 22.0. The van der Waals surface area contributed by atoms with Crippen molar-refractivity contribution in [2.45, 2.75) is 26.3 Å². The number of hydrogen-bond donors (Lipinski definition) is 1. The average molecular weight is 458 g/mol. The van der Waals surface area contributed by atoms with Crippen molar-refractivity contribution >= 4 is 46.1 Å². The Bertz CT molecular complexity index is 1040. The van der Waals surface area contributed by atoms with Gasteiger partial charge < -0.3 is 10.2 Å². The molecule has 0 aliphatic carbocycles. The molecule has 0 radical (unpaired) electrons. The molecule has 6 nitrogen and oxygen atoms in total. The molecule has 2 fully saturated rings. The highest BCUT2D eigenvalue weighted by atomic mass is 32.2. The van der Waals surface area contributed by atoms with Crippen LogP contribution in [0.4, 0.5) is 10.2 Å². The molecule has 2 saturated heterocycles. The minimum absolute atomic E-state index is 0.237. The lowest BCUT2D eigenvalue weighted by Crippen LogP contribution is -2.35. The quantitative estimate of drug-likeness (QED) is 0.555. The van der Waals surface area contributed by atoms with Crippen LogP contribution in [0, 0.1) is 5.82 Å². The molecule has 31 heavy (non-hydrogen) atoms. The second-order valence-electron chi connectivity index (χ2n) is 7.82. The summed E-state index contributed by atoms with van der Waals surface area (Å²) in [4.78, 5) is 26.1. The Kier molecular flexibility index (Phi) is 6.64. The number of hydrogen-bond acceptors (Lipinski definition) is 7. The molecule has 0 unspecified atom stereocenters. The van der Waals surface area contributed by atoms with Crippen LogP contribution in [-0.4, -0.2) is 57.3 Å². The number of benzene rings is 1. The van der Waals surface area contributed by atoms with Crippen molar-refractivity contribution in [3.05, 3.63) is 46.9 Å². The molecule has 1 aromatic carbocycles. The van der Waals surface area contributed by atoms with E-state index in [1.54, 1.807) is 30.6 Å². The highest BCUT2D eigenvalue weighted by molar-refractivity contribution is 8.26. The number of aromatic nitrogens is 2. The van der Waals surface area contributed by atoms with Crippen molar-refractivity contribution in [1.29, 1.82) is 0 Å². The number of thioether (sulfide) groups is 1. The summed E-state index contributed by atoms with van der Waals surface area (Å²) in [6.45, 7) is 8.19. The van der Waals surface area contributed by atoms with Gasteiger partial charge in [0, 0.05) is 37.8 Å². The van der Waals surface area contributed by atoms with Crippen LogP contribution >= 0.6 is 24.0 Å². The normalized spacial score (nSPS) is 19.2. The third-order valence-corrected chi connectivity index (χ3v) is 6.58. The molecule has 162 valence electrons. The Labute approximate surface area is 190 Å². The van der Waals surface area contributed by atoms with Crippen molar-refractivity contribution in [1.82, 2.24) is 20.2 Å². The smallest absolute Gasteiger partial charge is 0.263 e. The van der Waals surface area contributed by atoms with Crippen LogP contribution in [-0.2, 0) is 4.79 Å². The molecule has 2 aromatic rings. The molecule has 0 atom stereocenters. The molecule has 0 bridgehead atoms. The minimum atomic E-state index is -0.380. The summed E-state index contributed by atoms with van der Waals surface area (Å²) < 4.78 is 15.1. The predicted octanol–water partition coefficient (Wildman–Crippen LogP) is 3.69. The molecule has 0 saturated carbocycles. The SMILES string of the molecule is CC(C)N1CCCN(c2cncc(-c3cc(/C=C4/SC(=S)NC4=O)ccc3F)n2)CC1. The van der Waals surface area contributed by atoms with Crippen LogP contribution in [0.1, 0.15) is 25.8 Å². The van der Waals surface area contributed by atoms with E-state index in [1.807, 2.05) is 0 Å². The summed E-state index contributed by atoms with van der Waals surface area (Å²) >= 11 is 6.22. The lowest BCUT2D eigenvalue weighted by Gasteiger charge is -2.25. The van der Waals surface area contributed by atoms with E-state index in [9.17, 15) is 9.18 Å². The van der Waals surface area contributed by atoms with E-state index in [1.165, 1.54) is 17.8 Å². The summed E-state index contributed by atoms with van der Waals surface area (Å²) in [7, 11) is 0. The highest BCUT2D eigenvalue weighted by Crippen LogP contribution is 2.29. The summed E-state index contributed by atoms with van der Waals surface area (Å²) in [5.74, 6) is 0.135. The Morgan fingerprint density at radius 1 is 1.23 bits per heavy atom. The molecule has 4 rings (SSSR count). The Hall–Kier alpha value is -2.36. The number of anilines is 1. The maximum absolute atomic E-state index is 14.7. The molecular weight excluding hydrogens is 433 g/mol. The molecule has 1 N–H and O–H groups in total. The van der Waals surface area contributed by atoms with E-state index < -0.39 is 0 Å². The third kappa shape index (κ3) is 5.11. The van der Waals surface area contributed by atoms with Crippen molar-refractivity contribution in [3.8, 4) is 11.3 Å². The number of thiocarbonyl (C=S) groups is 1. The van der Waals surface area contributed by atoms with Crippen molar-refractivity contribution in [2.75, 3.05) is 31.1 Å². The van der Waals surface area contributed by atoms with Crippen LogP contribution in [0.15, 0.2) is 35.5 Å². The van der Waals surface area contributed by atoms with E-state index in [4.69, 9.17) is 17.2 Å². The Morgan fingerprint density at radius 2 is 2.06 bits per heavy atom. The van der Waals surface area contributed by atoms with Crippen LogP contribution in [0.3, 0.4) is 0 Å². The summed E-state index contributed by atoms with van der Waals surface area (Å²) in [6, 6.07) is 5.22. The minimum Gasteiger partial charge on any atom is -0.354 e. The van der Waals surface area contributed by atoms with Gasteiger partial charge in [0.05, 0.1) is 23.0 Å². The van der Waals surface area contributed by atoms with Gasteiger partial charge in [-0.25, -0.2) is 9.37 Å². The molecule has 1 amide bonds. The third-order valence-electron chi connectivity index (χ3n) is 5.41. The van der Waals surface area contributed by atoms with Crippen LogP contribution in [0.2, 0.25) is 0 Å². The van der Waals surface area contributed by atoms with E-state index in [0.29, 0.717) is 32.1 Å². The van der Waals surface area contributed by atoms with Crippen molar-refractivity contribution in [3.63, 3.8) is 0 Å². The first-order chi connectivity index (χ1) is 14.9. The van der Waals surface area contributed by atoms with Crippen molar-refractivity contribution in [2.24, 2.45) is 0 Å². The second-order valence-corrected chi connectivity index (χ2v) is 9.54. The van der Waals surface area contributed by atoms with Gasteiger partial charge in [0.15, 0.2) is 0 Å². The van der Waals surface area contributed by atoms with E-state index in [0.717, 1.165) is 38.4 Å². The van der Waals surface area contributed by atoms with Gasteiger partial charge >= 0.3 is 0 Å². The summed E-state index contributed by atoms with van der Waals surface area (Å²) in [5.41, 5.74) is 1.53. The zero-order valence-electron chi connectivity index (χ0n) is 17.5. The summed E-state index contributed by atoms with van der Waals surface area (Å²) in [6.07, 6.45) is 6.06. The predicted molar refractivity (Wildman–Crippen MR) is 127 cm³/mol. The lowest BCUT2D eigenvalue weighted by molar-refractivity contribution is -0.115. The number of carbonyl (C=O) groups excluding carboxylic acids is 1. The molecule has 2 aliphatic heterocycles. The van der Waals surface area contributed by atoms with Crippen LogP contribution in [0.5, 0.6) is 0 Å². The maximum atomic E-state index is 14.7. The average Bonchev–Trinajstić information content (AvgIpc) is 2.94. The fraction of sp³-hybridized carbons (Fsp3) is 0.364. The van der Waals surface area contributed by atoms with E-state index in [2.05, 4.69) is 33.9 Å². The Balaban J connectivity index is 1.60. The lowest BCUT2D eigenvalue weighted by atomic mass is 10.1. The van der Waals surface area contributed by atoms with Gasteiger partial charge in [-0.05, 0) is 44.0 Å². The topological polar surface area (TPSA) is 61.4 Å². The first-order valence-corrected chi connectivity index (χ1v) is 11.5. The van der Waals surface area contributed by atoms with E-state index in [-0.39, 0.29) is 11.7 Å². The van der Waals surface area contributed by atoms with Gasteiger partial charge in [0.1, 0.15) is 16.0 Å². The number of rotatable bonds is 4. The van der Waals surface area contributed by atoms with Crippen LogP contribution < -0.4 is 10.2 Å². The standard InChI is InChI=1S/C22H24FN5OS2/c1-14(2)27-6-3-7-28(9-8-27)20-13-24-12-18(25-20)16-10-15(4-5-17(16)23)11-19-21(29)26-22(30)31-19/h4-5,10-14H,3,6-9H2,1-2H3,(H,26,29,30)/b19-11+. The fourth-order valence-electron chi connectivity index (χ4n) is 3.72. The number of nitrogens with one attached hydrogen (secondary N) is 1. The zero-order valence-corrected chi connectivity index (χ0v) is 19.1. The molecular formula is C22H24FN5OS2. The monoisotopic (exact) mass is 457 g/mol. The first-order valence-electron chi connectivity index (χ1n) is 10.3. The first kappa shape index (κ1) is 21.9. The summed E-state index contributed by atoms with van der Waals surface area (Å²) in [5, 5.41) is 2.59. The maximum Gasteiger partial charge on any atom is 0.263 e.